The smallest absolute Gasteiger partial charge is 0.870 e. The van der Waals surface area contributed by atoms with Gasteiger partial charge in [0.15, 0.2) is 0 Å². The molecule has 0 fully saturated rings. The first-order chi connectivity index (χ1) is 1.73. The molecule has 0 atom stereocenters. The van der Waals surface area contributed by atoms with Crippen molar-refractivity contribution >= 4 is 6.16 Å². The maximum atomic E-state index is 8.33. The molecule has 0 amide bonds. The summed E-state index contributed by atoms with van der Waals surface area (Å²) >= 11 is 0. The maximum Gasteiger partial charge on any atom is 3.00 e. The van der Waals surface area contributed by atoms with E-state index in [-0.39, 0.29) is 54.9 Å². The zero-order valence-electron chi connectivity index (χ0n) is 2.55. The second kappa shape index (κ2) is 9.26. The molecular weight excluding hydrogens is 228 g/mol. The summed E-state index contributed by atoms with van der Waals surface area (Å²) in [5, 5.41) is 16.7. The Morgan fingerprint density at radius 1 is 1.33 bits per heavy atom. The predicted molar refractivity (Wildman–Crippen MR) is 7.33 cm³/mol. The molecule has 0 aromatic rings. The summed E-state index contributed by atoms with van der Waals surface area (Å²) < 4.78 is 0. The van der Waals surface area contributed by atoms with Crippen LogP contribution in [0.15, 0.2) is 0 Å². The molecule has 1 N–H and O–H groups in total. The number of hydrogen-bond acceptors (Lipinski definition) is 4. The Morgan fingerprint density at radius 3 is 1.33 bits per heavy atom. The minimum atomic E-state index is -2.33. The molecule has 0 aromatic heterocycles. The van der Waals surface area contributed by atoms with Gasteiger partial charge in [0.1, 0.15) is 0 Å². The number of carboxylic acid groups (broad SMARTS) is 2. The summed E-state index contributed by atoms with van der Waals surface area (Å²) in [4.78, 5) is 8.33. The zero-order valence-corrected chi connectivity index (χ0v) is 4.98. The molecule has 0 saturated carbocycles. The Morgan fingerprint density at radius 2 is 1.33 bits per heavy atom. The first kappa shape index (κ1) is 15.8. The second-order valence-electron chi connectivity index (χ2n) is 0.250. The fourth-order valence-corrected chi connectivity index (χ4v) is 0. The molecule has 0 heterocycles. The number of carbonyl (C=O) groups is 1. The molecule has 5 heteroatoms. The number of rotatable bonds is 0. The first-order valence-electron chi connectivity index (χ1n) is 0.612. The molecule has 0 radical (unpaired) electrons. The standard InChI is InChI=1S/CH2O3.Eu.H2O/c2-1(3)4;;/h(H2,2,3,4);;1H2/q;+3;/p-3. The van der Waals surface area contributed by atoms with Crippen LogP contribution in [-0.2, 0) is 0 Å². The van der Waals surface area contributed by atoms with Gasteiger partial charge in [-0.3, -0.25) is 0 Å². The normalized spacial score (nSPS) is 4.00. The van der Waals surface area contributed by atoms with Gasteiger partial charge in [0.25, 0.3) is 0 Å². The third-order valence-corrected chi connectivity index (χ3v) is 0. The Kier molecular flexibility index (Phi) is 24.4. The molecule has 0 spiro atoms. The fraction of sp³-hybridized carbons (Fsp3) is 0. The summed E-state index contributed by atoms with van der Waals surface area (Å²) in [5.41, 5.74) is 0. The van der Waals surface area contributed by atoms with Crippen LogP contribution >= 0.6 is 0 Å². The van der Waals surface area contributed by atoms with E-state index in [0.717, 1.165) is 0 Å². The van der Waals surface area contributed by atoms with Gasteiger partial charge in [-0.15, -0.1) is 0 Å². The second-order valence-corrected chi connectivity index (χ2v) is 0.250. The zero-order chi connectivity index (χ0) is 3.58. The van der Waals surface area contributed by atoms with Crippen LogP contribution in [0, 0.1) is 49.4 Å². The van der Waals surface area contributed by atoms with Crippen molar-refractivity contribution in [2.45, 2.75) is 0 Å². The summed E-state index contributed by atoms with van der Waals surface area (Å²) in [6.45, 7) is 0. The number of hydrogen-bond donors (Lipinski definition) is 0. The minimum Gasteiger partial charge on any atom is -0.870 e. The molecule has 6 heavy (non-hydrogen) atoms. The average Bonchev–Trinajstić information content (AvgIpc) is 0.811. The largest absolute Gasteiger partial charge is 3.00 e. The molecule has 0 bridgehead atoms. The van der Waals surface area contributed by atoms with Crippen LogP contribution in [0.1, 0.15) is 0 Å². The van der Waals surface area contributed by atoms with Gasteiger partial charge in [-0.05, 0) is 6.16 Å². The monoisotopic (exact) mass is 230 g/mol. The molecule has 0 aliphatic heterocycles. The number of carbonyl (C=O) groups excluding carboxylic acids is 1. The maximum absolute atomic E-state index is 8.33. The third-order valence-electron chi connectivity index (χ3n) is 0. The summed E-state index contributed by atoms with van der Waals surface area (Å²) in [6, 6.07) is 0. The molecule has 0 aromatic carbocycles. The van der Waals surface area contributed by atoms with E-state index in [9.17, 15) is 0 Å². The molecule has 0 unspecified atom stereocenters. The SMILES string of the molecule is O=C([O-])[O-].[Eu+3].[OH-]. The molecule has 36 valence electrons. The van der Waals surface area contributed by atoms with Gasteiger partial charge >= 0.3 is 49.4 Å². The van der Waals surface area contributed by atoms with Crippen molar-refractivity contribution in [3.05, 3.63) is 0 Å². The van der Waals surface area contributed by atoms with Crippen molar-refractivity contribution in [1.29, 1.82) is 0 Å². The van der Waals surface area contributed by atoms with E-state index in [1.807, 2.05) is 0 Å². The fourth-order valence-electron chi connectivity index (χ4n) is 0. The van der Waals surface area contributed by atoms with E-state index >= 15 is 0 Å². The minimum absolute atomic E-state index is 0. The van der Waals surface area contributed by atoms with Crippen LogP contribution in [0.4, 0.5) is 4.79 Å². The first-order valence-corrected chi connectivity index (χ1v) is 0.612. The predicted octanol–water partition coefficient (Wildman–Crippen LogP) is -2.62. The van der Waals surface area contributed by atoms with Gasteiger partial charge in [0, 0.05) is 0 Å². The van der Waals surface area contributed by atoms with Crippen LogP contribution in [0.5, 0.6) is 0 Å². The Hall–Kier alpha value is 0.814. The van der Waals surface area contributed by atoms with E-state index in [2.05, 4.69) is 0 Å². The van der Waals surface area contributed by atoms with E-state index < -0.39 is 6.16 Å². The molecule has 0 saturated heterocycles. The molecule has 0 aliphatic carbocycles. The molecular formula is CHEuO4. The Bertz CT molecular complexity index is 30.5. The van der Waals surface area contributed by atoms with Crippen LogP contribution in [0.25, 0.3) is 0 Å². The van der Waals surface area contributed by atoms with E-state index in [4.69, 9.17) is 15.0 Å². The molecule has 0 rings (SSSR count). The Balaban J connectivity index is -0.0000000450. The van der Waals surface area contributed by atoms with Gasteiger partial charge in [0.05, 0.1) is 0 Å². The van der Waals surface area contributed by atoms with Gasteiger partial charge < -0.3 is 20.5 Å². The van der Waals surface area contributed by atoms with Crippen molar-refractivity contribution in [1.82, 2.24) is 0 Å². The molecule has 4 nitrogen and oxygen atoms in total. The third kappa shape index (κ3) is 106. The van der Waals surface area contributed by atoms with Crippen molar-refractivity contribution in [3.8, 4) is 0 Å². The van der Waals surface area contributed by atoms with Gasteiger partial charge in [0.2, 0.25) is 0 Å². The van der Waals surface area contributed by atoms with Crippen molar-refractivity contribution in [3.63, 3.8) is 0 Å². The van der Waals surface area contributed by atoms with Gasteiger partial charge in [-0.1, -0.05) is 0 Å². The summed E-state index contributed by atoms with van der Waals surface area (Å²) in [6.07, 6.45) is -2.33. The van der Waals surface area contributed by atoms with E-state index in [1.165, 1.54) is 0 Å². The summed E-state index contributed by atoms with van der Waals surface area (Å²) in [5.74, 6) is 0. The van der Waals surface area contributed by atoms with Crippen LogP contribution < -0.4 is 10.2 Å². The van der Waals surface area contributed by atoms with Crippen molar-refractivity contribution < 1.29 is 69.9 Å². The van der Waals surface area contributed by atoms with Gasteiger partial charge in [-0.25, -0.2) is 0 Å². The van der Waals surface area contributed by atoms with Crippen LogP contribution in [-0.4, -0.2) is 11.6 Å². The molecule has 0 aliphatic rings. The van der Waals surface area contributed by atoms with E-state index in [1.54, 1.807) is 0 Å². The van der Waals surface area contributed by atoms with Crippen molar-refractivity contribution in [2.24, 2.45) is 0 Å². The van der Waals surface area contributed by atoms with Crippen LogP contribution in [0.3, 0.4) is 0 Å². The van der Waals surface area contributed by atoms with Crippen LogP contribution in [0.2, 0.25) is 0 Å². The van der Waals surface area contributed by atoms with E-state index in [0.29, 0.717) is 0 Å². The summed E-state index contributed by atoms with van der Waals surface area (Å²) in [7, 11) is 0. The van der Waals surface area contributed by atoms with Gasteiger partial charge in [-0.2, -0.15) is 0 Å². The topological polar surface area (TPSA) is 93.2 Å². The Labute approximate surface area is 75.0 Å². The van der Waals surface area contributed by atoms with Crippen molar-refractivity contribution in [2.75, 3.05) is 0 Å². The average molecular weight is 229 g/mol. The quantitative estimate of drug-likeness (QED) is 0.454.